The number of amides is 1. The van der Waals surface area contributed by atoms with Gasteiger partial charge >= 0.3 is 6.09 Å². The Morgan fingerprint density at radius 2 is 2.24 bits per heavy atom. The zero-order valence-corrected chi connectivity index (χ0v) is 11.0. The minimum Gasteiger partial charge on any atom is -0.453 e. The maximum atomic E-state index is 11.6. The summed E-state index contributed by atoms with van der Waals surface area (Å²) in [5, 5.41) is 12.1. The number of hydrogen-bond donors (Lipinski definition) is 2. The number of nitrogens with zero attached hydrogens (tertiary/aromatic N) is 1. The number of hydrogen-bond acceptors (Lipinski definition) is 4. The summed E-state index contributed by atoms with van der Waals surface area (Å²) in [4.78, 5) is 13.3. The third-order valence-electron chi connectivity index (χ3n) is 3.40. The maximum absolute atomic E-state index is 11.6. The molecule has 5 nitrogen and oxygen atoms in total. The van der Waals surface area contributed by atoms with Crippen molar-refractivity contribution in [2.24, 2.45) is 11.8 Å². The molecule has 1 aliphatic heterocycles. The summed E-state index contributed by atoms with van der Waals surface area (Å²) in [6.07, 6.45) is 0.789. The predicted octanol–water partition coefficient (Wildman–Crippen LogP) is 0.681. The lowest BCUT2D eigenvalue weighted by molar-refractivity contribution is 0.0801. The molecule has 17 heavy (non-hydrogen) atoms. The van der Waals surface area contributed by atoms with Crippen molar-refractivity contribution in [3.63, 3.8) is 0 Å². The summed E-state index contributed by atoms with van der Waals surface area (Å²) in [6.45, 7) is 6.48. The van der Waals surface area contributed by atoms with Crippen LogP contribution in [-0.2, 0) is 4.74 Å². The number of methoxy groups -OCH3 is 1. The van der Waals surface area contributed by atoms with E-state index in [9.17, 15) is 4.79 Å². The molecule has 0 spiro atoms. The van der Waals surface area contributed by atoms with Crippen LogP contribution in [0.1, 0.15) is 20.3 Å². The number of nitrogens with one attached hydrogen (secondary N) is 1. The number of likely N-dealkylation sites (tertiary alicyclic amines) is 1. The molecule has 2 N–H and O–H groups in total. The van der Waals surface area contributed by atoms with Gasteiger partial charge in [0.2, 0.25) is 0 Å². The van der Waals surface area contributed by atoms with Crippen molar-refractivity contribution in [3.8, 4) is 0 Å². The van der Waals surface area contributed by atoms with Crippen molar-refractivity contribution >= 4 is 6.09 Å². The van der Waals surface area contributed by atoms with Gasteiger partial charge in [-0.05, 0) is 18.3 Å². The Balaban J connectivity index is 2.59. The fourth-order valence-electron chi connectivity index (χ4n) is 2.32. The van der Waals surface area contributed by atoms with E-state index in [0.29, 0.717) is 24.9 Å². The molecule has 1 fully saturated rings. The van der Waals surface area contributed by atoms with E-state index < -0.39 is 0 Å². The molecule has 1 heterocycles. The van der Waals surface area contributed by atoms with E-state index in [1.165, 1.54) is 7.11 Å². The monoisotopic (exact) mass is 244 g/mol. The van der Waals surface area contributed by atoms with Gasteiger partial charge in [0.1, 0.15) is 0 Å². The second-order valence-corrected chi connectivity index (χ2v) is 4.99. The third kappa shape index (κ3) is 4.16. The van der Waals surface area contributed by atoms with E-state index in [1.54, 1.807) is 4.90 Å². The molecule has 1 amide bonds. The fourth-order valence-corrected chi connectivity index (χ4v) is 2.32. The second kappa shape index (κ2) is 6.81. The van der Waals surface area contributed by atoms with Crippen molar-refractivity contribution in [2.45, 2.75) is 26.3 Å². The Hall–Kier alpha value is -0.810. The molecule has 0 radical (unpaired) electrons. The first-order valence-electron chi connectivity index (χ1n) is 6.25. The quantitative estimate of drug-likeness (QED) is 0.763. The van der Waals surface area contributed by atoms with Crippen LogP contribution in [0, 0.1) is 11.8 Å². The van der Waals surface area contributed by atoms with E-state index in [2.05, 4.69) is 19.2 Å². The van der Waals surface area contributed by atoms with Crippen LogP contribution in [0.3, 0.4) is 0 Å². The maximum Gasteiger partial charge on any atom is 0.409 e. The molecule has 1 saturated heterocycles. The standard InChI is InChI=1S/C12H24N2O3/c1-9(2)10-6-11(13-4-5-15)8-14(7-10)12(16)17-3/h9-11,13,15H,4-8H2,1-3H3. The fraction of sp³-hybridized carbons (Fsp3) is 0.917. The molecule has 0 aromatic carbocycles. The minimum absolute atomic E-state index is 0.126. The molecule has 1 aliphatic rings. The van der Waals surface area contributed by atoms with Gasteiger partial charge in [0, 0.05) is 25.7 Å². The number of aliphatic hydroxyl groups is 1. The Labute approximate surface area is 103 Å². The van der Waals surface area contributed by atoms with Crippen molar-refractivity contribution < 1.29 is 14.6 Å². The van der Waals surface area contributed by atoms with Gasteiger partial charge in [-0.1, -0.05) is 13.8 Å². The molecule has 2 unspecified atom stereocenters. The molecule has 0 saturated carbocycles. The highest BCUT2D eigenvalue weighted by Gasteiger charge is 2.31. The van der Waals surface area contributed by atoms with Crippen molar-refractivity contribution in [1.29, 1.82) is 0 Å². The Morgan fingerprint density at radius 3 is 2.76 bits per heavy atom. The molecule has 1 rings (SSSR count). The first-order chi connectivity index (χ1) is 8.08. The summed E-state index contributed by atoms with van der Waals surface area (Å²) in [5.41, 5.74) is 0. The van der Waals surface area contributed by atoms with Crippen LogP contribution in [0.25, 0.3) is 0 Å². The zero-order chi connectivity index (χ0) is 12.8. The van der Waals surface area contributed by atoms with E-state index >= 15 is 0 Å². The molecule has 0 aliphatic carbocycles. The van der Waals surface area contributed by atoms with Gasteiger partial charge in [0.25, 0.3) is 0 Å². The van der Waals surface area contributed by atoms with Crippen LogP contribution >= 0.6 is 0 Å². The average molecular weight is 244 g/mol. The Kier molecular flexibility index (Phi) is 5.71. The molecule has 0 bridgehead atoms. The number of piperidine rings is 1. The largest absolute Gasteiger partial charge is 0.453 e. The highest BCUT2D eigenvalue weighted by molar-refractivity contribution is 5.67. The normalized spacial score (nSPS) is 25.1. The number of carbonyl (C=O) groups excluding carboxylic acids is 1. The zero-order valence-electron chi connectivity index (χ0n) is 11.0. The average Bonchev–Trinajstić information content (AvgIpc) is 2.34. The van der Waals surface area contributed by atoms with E-state index in [4.69, 9.17) is 9.84 Å². The van der Waals surface area contributed by atoms with E-state index in [1.807, 2.05) is 0 Å². The molecule has 100 valence electrons. The predicted molar refractivity (Wildman–Crippen MR) is 65.8 cm³/mol. The first-order valence-corrected chi connectivity index (χ1v) is 6.25. The minimum atomic E-state index is -0.258. The Morgan fingerprint density at radius 1 is 1.53 bits per heavy atom. The number of ether oxygens (including phenoxy) is 1. The highest BCUT2D eigenvalue weighted by atomic mass is 16.5. The van der Waals surface area contributed by atoms with Crippen LogP contribution < -0.4 is 5.32 Å². The smallest absolute Gasteiger partial charge is 0.409 e. The van der Waals surface area contributed by atoms with Gasteiger partial charge in [-0.2, -0.15) is 0 Å². The lowest BCUT2D eigenvalue weighted by Crippen LogP contribution is -2.52. The number of rotatable bonds is 4. The van der Waals surface area contributed by atoms with Crippen LogP contribution in [0.15, 0.2) is 0 Å². The van der Waals surface area contributed by atoms with Crippen LogP contribution in [0.5, 0.6) is 0 Å². The van der Waals surface area contributed by atoms with E-state index in [0.717, 1.165) is 13.0 Å². The van der Waals surface area contributed by atoms with Gasteiger partial charge in [-0.15, -0.1) is 0 Å². The lowest BCUT2D eigenvalue weighted by atomic mass is 9.85. The first kappa shape index (κ1) is 14.3. The molecule has 5 heteroatoms. The number of carbonyl (C=O) groups is 1. The second-order valence-electron chi connectivity index (χ2n) is 4.99. The van der Waals surface area contributed by atoms with Gasteiger partial charge in [0.05, 0.1) is 13.7 Å². The summed E-state index contributed by atoms with van der Waals surface area (Å²) >= 11 is 0. The molecular weight excluding hydrogens is 220 g/mol. The summed E-state index contributed by atoms with van der Waals surface area (Å²) in [6, 6.07) is 0.252. The van der Waals surface area contributed by atoms with Crippen molar-refractivity contribution in [2.75, 3.05) is 33.4 Å². The third-order valence-corrected chi connectivity index (χ3v) is 3.40. The van der Waals surface area contributed by atoms with Crippen molar-refractivity contribution in [1.82, 2.24) is 10.2 Å². The van der Waals surface area contributed by atoms with Gasteiger partial charge < -0.3 is 20.1 Å². The van der Waals surface area contributed by atoms with E-state index in [-0.39, 0.29) is 18.7 Å². The van der Waals surface area contributed by atoms with Crippen molar-refractivity contribution in [3.05, 3.63) is 0 Å². The summed E-state index contributed by atoms with van der Waals surface area (Å²) in [7, 11) is 1.41. The van der Waals surface area contributed by atoms with Crippen LogP contribution in [-0.4, -0.2) is 55.5 Å². The molecule has 0 aromatic rings. The summed E-state index contributed by atoms with van der Waals surface area (Å²) in [5.74, 6) is 1.03. The van der Waals surface area contributed by atoms with Gasteiger partial charge in [-0.25, -0.2) is 4.79 Å². The lowest BCUT2D eigenvalue weighted by Gasteiger charge is -2.39. The molecule has 2 atom stereocenters. The van der Waals surface area contributed by atoms with Gasteiger partial charge in [0.15, 0.2) is 0 Å². The SMILES string of the molecule is COC(=O)N1CC(NCCO)CC(C(C)C)C1. The van der Waals surface area contributed by atoms with Gasteiger partial charge in [-0.3, -0.25) is 0 Å². The number of aliphatic hydroxyl groups excluding tert-OH is 1. The Bertz CT molecular complexity index is 246. The summed E-state index contributed by atoms with van der Waals surface area (Å²) < 4.78 is 4.78. The topological polar surface area (TPSA) is 61.8 Å². The molecular formula is C12H24N2O3. The highest BCUT2D eigenvalue weighted by Crippen LogP contribution is 2.24. The van der Waals surface area contributed by atoms with Crippen LogP contribution in [0.4, 0.5) is 4.79 Å². The molecule has 0 aromatic heterocycles. The van der Waals surface area contributed by atoms with Crippen LogP contribution in [0.2, 0.25) is 0 Å².